The SMILES string of the molecule is CN(Cc1ccc(C2=NCCN2C(=O)O)cc1)C(=O)CCN(C1CC1)S(=O)(=O)c1cccc(Cl)c1Cl. The van der Waals surface area contributed by atoms with Gasteiger partial charge in [0.2, 0.25) is 15.9 Å². The molecule has 9 nitrogen and oxygen atoms in total. The van der Waals surface area contributed by atoms with Crippen molar-refractivity contribution in [2.45, 2.75) is 36.7 Å². The number of halogens is 2. The van der Waals surface area contributed by atoms with Crippen LogP contribution in [-0.4, -0.2) is 78.2 Å². The van der Waals surface area contributed by atoms with Crippen LogP contribution in [0.3, 0.4) is 0 Å². The average molecular weight is 553 g/mol. The standard InChI is InChI=1S/C24H26Cl2N4O5S/c1-28(15-16-5-7-17(8-6-16)23-27-12-14-29(23)24(32)33)21(31)11-13-30(18-9-10-18)36(34,35)20-4-2-3-19(25)22(20)26/h2-8,18H,9-15H2,1H3,(H,32,33). The third-order valence-electron chi connectivity index (χ3n) is 6.13. The number of benzene rings is 2. The molecule has 0 aromatic heterocycles. The Labute approximate surface area is 220 Å². The maximum absolute atomic E-state index is 13.3. The minimum absolute atomic E-state index is 0.0207. The number of amidine groups is 1. The van der Waals surface area contributed by atoms with Crippen molar-refractivity contribution in [3.63, 3.8) is 0 Å². The van der Waals surface area contributed by atoms with E-state index in [-0.39, 0.29) is 39.9 Å². The van der Waals surface area contributed by atoms with Crippen molar-refractivity contribution < 1.29 is 23.1 Å². The zero-order valence-corrected chi connectivity index (χ0v) is 21.9. The lowest BCUT2D eigenvalue weighted by atomic mass is 10.1. The molecule has 0 unspecified atom stereocenters. The molecule has 192 valence electrons. The van der Waals surface area contributed by atoms with Crippen LogP contribution < -0.4 is 0 Å². The Bertz CT molecular complexity index is 1300. The van der Waals surface area contributed by atoms with Gasteiger partial charge in [0.1, 0.15) is 10.7 Å². The van der Waals surface area contributed by atoms with E-state index in [1.807, 2.05) is 12.1 Å². The van der Waals surface area contributed by atoms with E-state index < -0.39 is 16.1 Å². The lowest BCUT2D eigenvalue weighted by Gasteiger charge is -2.24. The Hall–Kier alpha value is -2.66. The number of hydrogen-bond donors (Lipinski definition) is 1. The molecule has 2 aromatic rings. The molecule has 36 heavy (non-hydrogen) atoms. The monoisotopic (exact) mass is 552 g/mol. The first-order chi connectivity index (χ1) is 17.1. The molecule has 0 spiro atoms. The zero-order chi connectivity index (χ0) is 26.0. The number of aliphatic imine (C=N–C) groups is 1. The highest BCUT2D eigenvalue weighted by atomic mass is 35.5. The molecule has 1 fully saturated rings. The van der Waals surface area contributed by atoms with E-state index in [0.29, 0.717) is 31.0 Å². The van der Waals surface area contributed by atoms with Crippen LogP contribution in [0.4, 0.5) is 4.79 Å². The fourth-order valence-corrected chi connectivity index (χ4v) is 6.49. The number of nitrogens with zero attached hydrogens (tertiary/aromatic N) is 4. The van der Waals surface area contributed by atoms with Crippen LogP contribution in [0.2, 0.25) is 10.0 Å². The summed E-state index contributed by atoms with van der Waals surface area (Å²) >= 11 is 12.2. The largest absolute Gasteiger partial charge is 0.465 e. The van der Waals surface area contributed by atoms with Gasteiger partial charge in [0.15, 0.2) is 0 Å². The van der Waals surface area contributed by atoms with Crippen LogP contribution in [0, 0.1) is 0 Å². The molecule has 2 amide bonds. The molecule has 1 aliphatic carbocycles. The number of carbonyl (C=O) groups is 2. The van der Waals surface area contributed by atoms with Gasteiger partial charge in [-0.15, -0.1) is 0 Å². The highest BCUT2D eigenvalue weighted by Gasteiger charge is 2.39. The number of hydrogen-bond acceptors (Lipinski definition) is 5. The molecule has 0 radical (unpaired) electrons. The number of rotatable bonds is 9. The zero-order valence-electron chi connectivity index (χ0n) is 19.6. The minimum atomic E-state index is -3.91. The highest BCUT2D eigenvalue weighted by molar-refractivity contribution is 7.89. The molecule has 0 saturated heterocycles. The van der Waals surface area contributed by atoms with Gasteiger partial charge in [-0.1, -0.05) is 53.5 Å². The third kappa shape index (κ3) is 5.67. The highest BCUT2D eigenvalue weighted by Crippen LogP contribution is 2.36. The van der Waals surface area contributed by atoms with Gasteiger partial charge in [-0.3, -0.25) is 14.7 Å². The first kappa shape index (κ1) is 26.4. The Kier molecular flexibility index (Phi) is 7.89. The maximum atomic E-state index is 13.3. The second-order valence-corrected chi connectivity index (χ2v) is 11.4. The minimum Gasteiger partial charge on any atom is -0.465 e. The summed E-state index contributed by atoms with van der Waals surface area (Å²) in [4.78, 5) is 31.1. The van der Waals surface area contributed by atoms with Gasteiger partial charge in [0.05, 0.1) is 23.1 Å². The second-order valence-electron chi connectivity index (χ2n) is 8.74. The van der Waals surface area contributed by atoms with Gasteiger partial charge in [-0.05, 0) is 30.5 Å². The topological polar surface area (TPSA) is 111 Å². The Morgan fingerprint density at radius 2 is 1.83 bits per heavy atom. The van der Waals surface area contributed by atoms with Gasteiger partial charge >= 0.3 is 6.09 Å². The molecule has 1 heterocycles. The number of carboxylic acid groups (broad SMARTS) is 1. The molecule has 2 aromatic carbocycles. The lowest BCUT2D eigenvalue weighted by Crippen LogP contribution is -2.37. The fourth-order valence-electron chi connectivity index (χ4n) is 4.07. The van der Waals surface area contributed by atoms with Gasteiger partial charge < -0.3 is 10.0 Å². The molecule has 1 N–H and O–H groups in total. The average Bonchev–Trinajstić information content (AvgIpc) is 3.54. The summed E-state index contributed by atoms with van der Waals surface area (Å²) in [5.74, 6) is 0.217. The molecular formula is C24H26Cl2N4O5S. The van der Waals surface area contributed by atoms with Crippen LogP contribution in [0.5, 0.6) is 0 Å². The third-order valence-corrected chi connectivity index (χ3v) is 9.06. The van der Waals surface area contributed by atoms with Crippen molar-refractivity contribution in [2.75, 3.05) is 26.7 Å². The van der Waals surface area contributed by atoms with Crippen molar-refractivity contribution in [1.29, 1.82) is 0 Å². The predicted molar refractivity (Wildman–Crippen MR) is 137 cm³/mol. The van der Waals surface area contributed by atoms with Crippen LogP contribution >= 0.6 is 23.2 Å². The summed E-state index contributed by atoms with van der Waals surface area (Å²) in [5, 5.41) is 9.43. The summed E-state index contributed by atoms with van der Waals surface area (Å²) in [6.45, 7) is 1.13. The van der Waals surface area contributed by atoms with Crippen molar-refractivity contribution in [1.82, 2.24) is 14.1 Å². The first-order valence-electron chi connectivity index (χ1n) is 11.4. The maximum Gasteiger partial charge on any atom is 0.413 e. The number of carbonyl (C=O) groups excluding carboxylic acids is 1. The summed E-state index contributed by atoms with van der Waals surface area (Å²) in [6, 6.07) is 11.5. The van der Waals surface area contributed by atoms with Crippen LogP contribution in [0.1, 0.15) is 30.4 Å². The normalized spacial score (nSPS) is 15.8. The van der Waals surface area contributed by atoms with Crippen LogP contribution in [0.25, 0.3) is 0 Å². The quantitative estimate of drug-likeness (QED) is 0.506. The van der Waals surface area contributed by atoms with Crippen molar-refractivity contribution in [2.24, 2.45) is 4.99 Å². The molecular weight excluding hydrogens is 527 g/mol. The molecule has 4 rings (SSSR count). The van der Waals surface area contributed by atoms with E-state index in [4.69, 9.17) is 23.2 Å². The van der Waals surface area contributed by atoms with Gasteiger partial charge in [-0.2, -0.15) is 4.31 Å². The van der Waals surface area contributed by atoms with Crippen molar-refractivity contribution in [3.8, 4) is 0 Å². The van der Waals surface area contributed by atoms with E-state index in [0.717, 1.165) is 18.4 Å². The van der Waals surface area contributed by atoms with Crippen LogP contribution in [-0.2, 0) is 21.4 Å². The van der Waals surface area contributed by atoms with E-state index >= 15 is 0 Å². The molecule has 1 saturated carbocycles. The van der Waals surface area contributed by atoms with E-state index in [9.17, 15) is 23.1 Å². The fraction of sp³-hybridized carbons (Fsp3) is 0.375. The Morgan fingerprint density at radius 1 is 1.14 bits per heavy atom. The lowest BCUT2D eigenvalue weighted by molar-refractivity contribution is -0.130. The molecule has 12 heteroatoms. The van der Waals surface area contributed by atoms with E-state index in [1.165, 1.54) is 32.3 Å². The van der Waals surface area contributed by atoms with Gasteiger partial charge in [0, 0.05) is 38.2 Å². The molecule has 0 bridgehead atoms. The second kappa shape index (κ2) is 10.8. The molecule has 0 atom stereocenters. The summed E-state index contributed by atoms with van der Waals surface area (Å²) in [6.07, 6.45) is 0.449. The first-order valence-corrected chi connectivity index (χ1v) is 13.6. The molecule has 2 aliphatic rings. The van der Waals surface area contributed by atoms with Crippen molar-refractivity contribution in [3.05, 3.63) is 63.6 Å². The summed E-state index contributed by atoms with van der Waals surface area (Å²) < 4.78 is 27.9. The smallest absolute Gasteiger partial charge is 0.413 e. The summed E-state index contributed by atoms with van der Waals surface area (Å²) in [5.41, 5.74) is 1.55. The molecule has 1 aliphatic heterocycles. The van der Waals surface area contributed by atoms with Crippen LogP contribution in [0.15, 0.2) is 52.4 Å². The van der Waals surface area contributed by atoms with E-state index in [1.54, 1.807) is 19.2 Å². The van der Waals surface area contributed by atoms with Gasteiger partial charge in [0.25, 0.3) is 0 Å². The van der Waals surface area contributed by atoms with Crippen molar-refractivity contribution >= 4 is 51.1 Å². The Morgan fingerprint density at radius 3 is 2.47 bits per heavy atom. The van der Waals surface area contributed by atoms with Gasteiger partial charge in [-0.25, -0.2) is 13.2 Å². The van der Waals surface area contributed by atoms with E-state index in [2.05, 4.69) is 4.99 Å². The predicted octanol–water partition coefficient (Wildman–Crippen LogP) is 3.94. The number of sulfonamides is 1. The number of amides is 2. The Balaban J connectivity index is 1.38. The summed E-state index contributed by atoms with van der Waals surface area (Å²) in [7, 11) is -2.25.